The summed E-state index contributed by atoms with van der Waals surface area (Å²) in [5.41, 5.74) is 7.19. The van der Waals surface area contributed by atoms with Crippen molar-refractivity contribution < 1.29 is 4.39 Å². The molecule has 0 radical (unpaired) electrons. The first kappa shape index (κ1) is 13.6. The van der Waals surface area contributed by atoms with Crippen LogP contribution in [0.3, 0.4) is 0 Å². The zero-order chi connectivity index (χ0) is 13.3. The molecule has 2 nitrogen and oxygen atoms in total. The van der Waals surface area contributed by atoms with Crippen LogP contribution in [0.5, 0.6) is 0 Å². The van der Waals surface area contributed by atoms with Crippen LogP contribution in [-0.4, -0.2) is 4.98 Å². The molecule has 96 valence electrons. The largest absolute Gasteiger partial charge is 0.322 e. The van der Waals surface area contributed by atoms with Gasteiger partial charge in [-0.15, -0.1) is 11.3 Å². The lowest BCUT2D eigenvalue weighted by atomic mass is 10.1. The van der Waals surface area contributed by atoms with Gasteiger partial charge in [0.25, 0.3) is 0 Å². The summed E-state index contributed by atoms with van der Waals surface area (Å²) in [5, 5.41) is 2.70. The Bertz CT molecular complexity index is 554. The van der Waals surface area contributed by atoms with Crippen LogP contribution in [0.1, 0.15) is 24.9 Å². The van der Waals surface area contributed by atoms with Gasteiger partial charge in [-0.25, -0.2) is 9.37 Å². The molecule has 1 heterocycles. The molecule has 0 amide bonds. The van der Waals surface area contributed by atoms with Crippen molar-refractivity contribution in [3.63, 3.8) is 0 Å². The van der Waals surface area contributed by atoms with Crippen LogP contribution in [0.25, 0.3) is 11.3 Å². The highest BCUT2D eigenvalue weighted by atomic mass is 79.9. The molecule has 0 fully saturated rings. The fourth-order valence-electron chi connectivity index (χ4n) is 1.54. The molecule has 0 spiro atoms. The van der Waals surface area contributed by atoms with Crippen LogP contribution in [0.2, 0.25) is 0 Å². The van der Waals surface area contributed by atoms with Crippen molar-refractivity contribution in [2.75, 3.05) is 0 Å². The Labute approximate surface area is 118 Å². The van der Waals surface area contributed by atoms with Crippen LogP contribution < -0.4 is 5.73 Å². The molecule has 0 bridgehead atoms. The van der Waals surface area contributed by atoms with E-state index < -0.39 is 0 Å². The molecule has 0 aliphatic carbocycles. The maximum Gasteiger partial charge on any atom is 0.132 e. The summed E-state index contributed by atoms with van der Waals surface area (Å²) in [6.07, 6.45) is 0. The second-order valence-corrected chi connectivity index (χ2v) is 6.27. The number of benzene rings is 1. The minimum Gasteiger partial charge on any atom is -0.322 e. The molecule has 1 unspecified atom stereocenters. The van der Waals surface area contributed by atoms with Gasteiger partial charge in [-0.2, -0.15) is 0 Å². The van der Waals surface area contributed by atoms with E-state index in [1.807, 2.05) is 19.2 Å². The molecule has 0 aliphatic heterocycles. The van der Waals surface area contributed by atoms with Crippen LogP contribution >= 0.6 is 27.3 Å². The average Bonchev–Trinajstić information content (AvgIpc) is 2.80. The minimum atomic E-state index is -0.270. The Balaban J connectivity index is 2.38. The molecule has 5 heteroatoms. The van der Waals surface area contributed by atoms with Crippen LogP contribution in [0, 0.1) is 11.7 Å². The number of nitrogens with zero attached hydrogens (tertiary/aromatic N) is 1. The predicted octanol–water partition coefficient (Wildman–Crippen LogP) is 4.37. The fraction of sp³-hybridized carbons (Fsp3) is 0.308. The maximum atomic E-state index is 13.7. The van der Waals surface area contributed by atoms with Crippen molar-refractivity contribution >= 4 is 27.3 Å². The third-order valence-corrected chi connectivity index (χ3v) is 4.17. The van der Waals surface area contributed by atoms with Gasteiger partial charge in [0.15, 0.2) is 0 Å². The zero-order valence-corrected chi connectivity index (χ0v) is 12.6. The van der Waals surface area contributed by atoms with E-state index >= 15 is 0 Å². The van der Waals surface area contributed by atoms with Gasteiger partial charge < -0.3 is 5.73 Å². The standard InChI is InChI=1S/C13H14BrFN2S/c1-7(2)12(16)13-17-11(6-18-13)9-5-8(14)3-4-10(9)15/h3-7,12H,16H2,1-2H3. The highest BCUT2D eigenvalue weighted by Gasteiger charge is 2.16. The van der Waals surface area contributed by atoms with Gasteiger partial charge >= 0.3 is 0 Å². The van der Waals surface area contributed by atoms with E-state index in [9.17, 15) is 4.39 Å². The van der Waals surface area contributed by atoms with E-state index in [-0.39, 0.29) is 11.9 Å². The molecule has 18 heavy (non-hydrogen) atoms. The summed E-state index contributed by atoms with van der Waals surface area (Å²) in [5.74, 6) is 0.0459. The molecule has 2 N–H and O–H groups in total. The summed E-state index contributed by atoms with van der Waals surface area (Å²) in [4.78, 5) is 4.44. The van der Waals surface area contributed by atoms with Crippen molar-refractivity contribution in [1.82, 2.24) is 4.98 Å². The zero-order valence-electron chi connectivity index (χ0n) is 10.2. The monoisotopic (exact) mass is 328 g/mol. The van der Waals surface area contributed by atoms with E-state index in [1.54, 1.807) is 12.1 Å². The summed E-state index contributed by atoms with van der Waals surface area (Å²) in [6, 6.07) is 4.74. The fourth-order valence-corrected chi connectivity index (χ4v) is 2.90. The lowest BCUT2D eigenvalue weighted by Gasteiger charge is -2.11. The number of rotatable bonds is 3. The number of hydrogen-bond acceptors (Lipinski definition) is 3. The molecule has 1 atom stereocenters. The quantitative estimate of drug-likeness (QED) is 0.908. The number of nitrogens with two attached hydrogens (primary N) is 1. The van der Waals surface area contributed by atoms with Crippen LogP contribution in [0.4, 0.5) is 4.39 Å². The first-order valence-electron chi connectivity index (χ1n) is 5.65. The summed E-state index contributed by atoms with van der Waals surface area (Å²) in [6.45, 7) is 4.09. The number of hydrogen-bond donors (Lipinski definition) is 1. The Morgan fingerprint density at radius 2 is 2.11 bits per heavy atom. The molecule has 2 aromatic rings. The molecule has 1 aromatic heterocycles. The third kappa shape index (κ3) is 2.79. The number of halogens is 2. The molecule has 2 rings (SSSR count). The van der Waals surface area contributed by atoms with Crippen molar-refractivity contribution in [3.05, 3.63) is 38.9 Å². The van der Waals surface area contributed by atoms with Crippen molar-refractivity contribution in [2.24, 2.45) is 11.7 Å². The Hall–Kier alpha value is -0.780. The number of aromatic nitrogens is 1. The smallest absolute Gasteiger partial charge is 0.132 e. The van der Waals surface area contributed by atoms with Gasteiger partial charge in [0, 0.05) is 15.4 Å². The first-order chi connectivity index (χ1) is 8.49. The minimum absolute atomic E-state index is 0.0982. The third-order valence-electron chi connectivity index (χ3n) is 2.73. The van der Waals surface area contributed by atoms with E-state index in [0.29, 0.717) is 17.2 Å². The van der Waals surface area contributed by atoms with Gasteiger partial charge in [-0.1, -0.05) is 29.8 Å². The molecular formula is C13H14BrFN2S. The summed E-state index contributed by atoms with van der Waals surface area (Å²) >= 11 is 4.81. The van der Waals surface area contributed by atoms with Crippen molar-refractivity contribution in [3.8, 4) is 11.3 Å². The molecular weight excluding hydrogens is 315 g/mol. The van der Waals surface area contributed by atoms with Gasteiger partial charge in [0.2, 0.25) is 0 Å². The molecule has 0 aliphatic rings. The van der Waals surface area contributed by atoms with E-state index in [1.165, 1.54) is 17.4 Å². The molecule has 1 aromatic carbocycles. The van der Waals surface area contributed by atoms with Gasteiger partial charge in [-0.05, 0) is 24.1 Å². The lowest BCUT2D eigenvalue weighted by Crippen LogP contribution is -2.16. The summed E-state index contributed by atoms with van der Waals surface area (Å²) < 4.78 is 14.6. The second-order valence-electron chi connectivity index (χ2n) is 4.46. The van der Waals surface area contributed by atoms with Gasteiger partial charge in [-0.3, -0.25) is 0 Å². The first-order valence-corrected chi connectivity index (χ1v) is 7.32. The Morgan fingerprint density at radius 3 is 2.78 bits per heavy atom. The Kier molecular flexibility index (Phi) is 4.14. The predicted molar refractivity (Wildman–Crippen MR) is 77.0 cm³/mol. The average molecular weight is 329 g/mol. The van der Waals surface area contributed by atoms with Gasteiger partial charge in [0.1, 0.15) is 10.8 Å². The van der Waals surface area contributed by atoms with Crippen molar-refractivity contribution in [2.45, 2.75) is 19.9 Å². The highest BCUT2D eigenvalue weighted by molar-refractivity contribution is 9.10. The van der Waals surface area contributed by atoms with E-state index in [2.05, 4.69) is 20.9 Å². The Morgan fingerprint density at radius 1 is 1.39 bits per heavy atom. The second kappa shape index (κ2) is 5.47. The lowest BCUT2D eigenvalue weighted by molar-refractivity contribution is 0.512. The van der Waals surface area contributed by atoms with Gasteiger partial charge in [0.05, 0.1) is 11.7 Å². The number of thiazole rings is 1. The van der Waals surface area contributed by atoms with E-state index in [4.69, 9.17) is 5.73 Å². The van der Waals surface area contributed by atoms with E-state index in [0.717, 1.165) is 9.48 Å². The topological polar surface area (TPSA) is 38.9 Å². The van der Waals surface area contributed by atoms with Crippen LogP contribution in [-0.2, 0) is 0 Å². The van der Waals surface area contributed by atoms with Crippen LogP contribution in [0.15, 0.2) is 28.1 Å². The highest BCUT2D eigenvalue weighted by Crippen LogP contribution is 2.30. The molecule has 0 saturated carbocycles. The maximum absolute atomic E-state index is 13.7. The summed E-state index contributed by atoms with van der Waals surface area (Å²) in [7, 11) is 0. The SMILES string of the molecule is CC(C)C(N)c1nc(-c2cc(Br)ccc2F)cs1. The van der Waals surface area contributed by atoms with Crippen molar-refractivity contribution in [1.29, 1.82) is 0 Å². The molecule has 0 saturated heterocycles. The normalized spacial score (nSPS) is 13.0.